The Morgan fingerprint density at radius 3 is 1.21 bits per heavy atom. The molecule has 0 N–H and O–H groups in total. The summed E-state index contributed by atoms with van der Waals surface area (Å²) in [6, 6.07) is 17.3. The van der Waals surface area contributed by atoms with Crippen molar-refractivity contribution in [1.29, 1.82) is 0 Å². The van der Waals surface area contributed by atoms with E-state index in [1.165, 1.54) is 22.3 Å². The molecule has 2 aromatic rings. The van der Waals surface area contributed by atoms with Gasteiger partial charge < -0.3 is 0 Å². The van der Waals surface area contributed by atoms with Crippen molar-refractivity contribution in [2.75, 3.05) is 0 Å². The van der Waals surface area contributed by atoms with Crippen LogP contribution in [0.2, 0.25) is 0 Å². The Morgan fingerprint density at radius 2 is 0.842 bits per heavy atom. The van der Waals surface area contributed by atoms with Crippen LogP contribution in [0.4, 0.5) is 0 Å². The highest BCUT2D eigenvalue weighted by molar-refractivity contribution is 5.76. The standard InChI is InChI=1S/C13H10.3C2H4/c1-3-7-12-10(5-1)9-11-6-2-4-8-13(11)12;3*1-2/h1-8H,9H2;3*1-2H2. The zero-order chi connectivity index (χ0) is 14.7. The lowest BCUT2D eigenvalue weighted by molar-refractivity contribution is 1.26. The maximum atomic E-state index is 3.00. The number of rotatable bonds is 0. The summed E-state index contributed by atoms with van der Waals surface area (Å²) in [6.07, 6.45) is 1.10. The molecule has 0 heteroatoms. The molecule has 0 saturated heterocycles. The predicted molar refractivity (Wildman–Crippen MR) is 88.4 cm³/mol. The third kappa shape index (κ3) is 3.82. The number of hydrogen-bond acceptors (Lipinski definition) is 0. The van der Waals surface area contributed by atoms with Crippen LogP contribution in [-0.2, 0) is 6.42 Å². The summed E-state index contributed by atoms with van der Waals surface area (Å²) in [5, 5.41) is 0. The molecular weight excluding hydrogens is 228 g/mol. The Bertz CT molecular complexity index is 449. The SMILES string of the molecule is C=C.C=C.C=C.c1ccc2c(c1)Cc1ccccc1-2. The van der Waals surface area contributed by atoms with Crippen molar-refractivity contribution in [3.8, 4) is 11.1 Å². The van der Waals surface area contributed by atoms with Gasteiger partial charge >= 0.3 is 0 Å². The van der Waals surface area contributed by atoms with E-state index in [4.69, 9.17) is 0 Å². The molecular formula is C19H22. The van der Waals surface area contributed by atoms with E-state index in [1.807, 2.05) is 0 Å². The number of benzene rings is 2. The highest BCUT2D eigenvalue weighted by Crippen LogP contribution is 2.35. The molecule has 0 spiro atoms. The molecule has 0 radical (unpaired) electrons. The fourth-order valence-electron chi connectivity index (χ4n) is 2.08. The van der Waals surface area contributed by atoms with Gasteiger partial charge in [0.15, 0.2) is 0 Å². The maximum absolute atomic E-state index is 3.00. The normalized spacial score (nSPS) is 9.05. The Hall–Kier alpha value is -2.34. The molecule has 0 atom stereocenters. The fraction of sp³-hybridized carbons (Fsp3) is 0.0526. The van der Waals surface area contributed by atoms with Crippen LogP contribution in [0.15, 0.2) is 88.0 Å². The third-order valence-corrected chi connectivity index (χ3v) is 2.71. The summed E-state index contributed by atoms with van der Waals surface area (Å²) in [5.74, 6) is 0. The van der Waals surface area contributed by atoms with E-state index < -0.39 is 0 Å². The second-order valence-electron chi connectivity index (χ2n) is 3.49. The van der Waals surface area contributed by atoms with E-state index in [0.29, 0.717) is 0 Å². The molecule has 0 heterocycles. The monoisotopic (exact) mass is 250 g/mol. The van der Waals surface area contributed by atoms with Gasteiger partial charge in [0.25, 0.3) is 0 Å². The minimum atomic E-state index is 1.10. The molecule has 0 fully saturated rings. The molecule has 0 bridgehead atoms. The molecule has 0 aromatic heterocycles. The van der Waals surface area contributed by atoms with Gasteiger partial charge in [-0.1, -0.05) is 48.5 Å². The van der Waals surface area contributed by atoms with Gasteiger partial charge in [0, 0.05) is 0 Å². The van der Waals surface area contributed by atoms with Crippen molar-refractivity contribution in [3.05, 3.63) is 99.1 Å². The molecule has 0 nitrogen and oxygen atoms in total. The molecule has 98 valence electrons. The minimum absolute atomic E-state index is 1.10. The topological polar surface area (TPSA) is 0 Å². The average Bonchev–Trinajstić information content (AvgIpc) is 2.92. The first kappa shape index (κ1) is 16.7. The molecule has 1 aliphatic rings. The molecule has 1 aliphatic carbocycles. The summed E-state index contributed by atoms with van der Waals surface area (Å²) in [7, 11) is 0. The summed E-state index contributed by atoms with van der Waals surface area (Å²) in [6.45, 7) is 18.0. The largest absolute Gasteiger partial charge is 0.106 e. The first-order chi connectivity index (χ1) is 9.45. The van der Waals surface area contributed by atoms with Gasteiger partial charge in [0.2, 0.25) is 0 Å². The van der Waals surface area contributed by atoms with Gasteiger partial charge in [0.05, 0.1) is 0 Å². The lowest BCUT2D eigenvalue weighted by Crippen LogP contribution is -1.77. The molecule has 2 aromatic carbocycles. The molecule has 0 unspecified atom stereocenters. The van der Waals surface area contributed by atoms with Crippen LogP contribution in [0.25, 0.3) is 11.1 Å². The molecule has 0 amide bonds. The smallest absolute Gasteiger partial charge is 0.00135 e. The highest BCUT2D eigenvalue weighted by Gasteiger charge is 2.15. The van der Waals surface area contributed by atoms with Crippen LogP contribution in [0.1, 0.15) is 11.1 Å². The molecule has 0 aliphatic heterocycles. The third-order valence-electron chi connectivity index (χ3n) is 2.71. The minimum Gasteiger partial charge on any atom is -0.106 e. The number of hydrogen-bond donors (Lipinski definition) is 0. The van der Waals surface area contributed by atoms with Crippen LogP contribution in [0, 0.1) is 0 Å². The van der Waals surface area contributed by atoms with Gasteiger partial charge in [0.1, 0.15) is 0 Å². The van der Waals surface area contributed by atoms with Gasteiger partial charge in [-0.3, -0.25) is 0 Å². The van der Waals surface area contributed by atoms with Crippen molar-refractivity contribution >= 4 is 0 Å². The van der Waals surface area contributed by atoms with Gasteiger partial charge in [-0.25, -0.2) is 0 Å². The highest BCUT2D eigenvalue weighted by atomic mass is 14.2. The summed E-state index contributed by atoms with van der Waals surface area (Å²) in [5.41, 5.74) is 5.75. The van der Waals surface area contributed by atoms with Gasteiger partial charge in [-0.05, 0) is 28.7 Å². The Balaban J connectivity index is 0.000000482. The van der Waals surface area contributed by atoms with Crippen molar-refractivity contribution in [3.63, 3.8) is 0 Å². The van der Waals surface area contributed by atoms with Crippen molar-refractivity contribution in [2.24, 2.45) is 0 Å². The van der Waals surface area contributed by atoms with Crippen molar-refractivity contribution in [1.82, 2.24) is 0 Å². The summed E-state index contributed by atoms with van der Waals surface area (Å²) in [4.78, 5) is 0. The van der Waals surface area contributed by atoms with E-state index in [9.17, 15) is 0 Å². The van der Waals surface area contributed by atoms with Crippen LogP contribution >= 0.6 is 0 Å². The maximum Gasteiger partial charge on any atom is -0.00135 e. The Labute approximate surface area is 117 Å². The number of fused-ring (bicyclic) bond motifs is 3. The van der Waals surface area contributed by atoms with E-state index in [2.05, 4.69) is 88.0 Å². The van der Waals surface area contributed by atoms with Crippen LogP contribution in [-0.4, -0.2) is 0 Å². The summed E-state index contributed by atoms with van der Waals surface area (Å²) >= 11 is 0. The zero-order valence-corrected chi connectivity index (χ0v) is 11.6. The van der Waals surface area contributed by atoms with Crippen LogP contribution < -0.4 is 0 Å². The van der Waals surface area contributed by atoms with Crippen LogP contribution in [0.5, 0.6) is 0 Å². The Morgan fingerprint density at radius 1 is 0.526 bits per heavy atom. The van der Waals surface area contributed by atoms with Crippen LogP contribution in [0.3, 0.4) is 0 Å². The fourth-order valence-corrected chi connectivity index (χ4v) is 2.08. The average molecular weight is 250 g/mol. The molecule has 0 saturated carbocycles. The van der Waals surface area contributed by atoms with E-state index in [0.717, 1.165) is 6.42 Å². The van der Waals surface area contributed by atoms with E-state index in [-0.39, 0.29) is 0 Å². The first-order valence-corrected chi connectivity index (χ1v) is 6.11. The van der Waals surface area contributed by atoms with Gasteiger partial charge in [-0.15, -0.1) is 39.5 Å². The second-order valence-corrected chi connectivity index (χ2v) is 3.49. The molecule has 3 rings (SSSR count). The first-order valence-electron chi connectivity index (χ1n) is 6.11. The quantitative estimate of drug-likeness (QED) is 0.451. The van der Waals surface area contributed by atoms with Gasteiger partial charge in [-0.2, -0.15) is 0 Å². The predicted octanol–water partition coefficient (Wildman–Crippen LogP) is 5.66. The van der Waals surface area contributed by atoms with Crippen molar-refractivity contribution in [2.45, 2.75) is 6.42 Å². The lowest BCUT2D eigenvalue weighted by atomic mass is 10.1. The lowest BCUT2D eigenvalue weighted by Gasteiger charge is -1.98. The second kappa shape index (κ2) is 9.67. The van der Waals surface area contributed by atoms with E-state index >= 15 is 0 Å². The van der Waals surface area contributed by atoms with E-state index in [1.54, 1.807) is 0 Å². The summed E-state index contributed by atoms with van der Waals surface area (Å²) < 4.78 is 0. The van der Waals surface area contributed by atoms with Crippen molar-refractivity contribution < 1.29 is 0 Å². The molecule has 19 heavy (non-hydrogen) atoms. The zero-order valence-electron chi connectivity index (χ0n) is 11.6. The Kier molecular flexibility index (Phi) is 8.48.